The molecule has 1 unspecified atom stereocenters. The van der Waals surface area contributed by atoms with Gasteiger partial charge in [0, 0.05) is 16.4 Å². The first kappa shape index (κ1) is 13.6. The zero-order valence-electron chi connectivity index (χ0n) is 10.3. The molecule has 1 aliphatic heterocycles. The van der Waals surface area contributed by atoms with Gasteiger partial charge in [0.2, 0.25) is 0 Å². The minimum atomic E-state index is -0.846. The van der Waals surface area contributed by atoms with Gasteiger partial charge in [-0.3, -0.25) is 4.21 Å². The van der Waals surface area contributed by atoms with Crippen molar-refractivity contribution in [3.63, 3.8) is 0 Å². The topological polar surface area (TPSA) is 35.5 Å². The summed E-state index contributed by atoms with van der Waals surface area (Å²) in [7, 11) is 0.801. The lowest BCUT2D eigenvalue weighted by molar-refractivity contribution is 0.146. The molecule has 1 heterocycles. The van der Waals surface area contributed by atoms with Crippen LogP contribution in [0.2, 0.25) is 0 Å². The Bertz CT molecular complexity index is 440. The summed E-state index contributed by atoms with van der Waals surface area (Å²) in [4.78, 5) is 0.903. The Morgan fingerprint density at radius 3 is 2.72 bits per heavy atom. The molecule has 0 spiro atoms. The maximum atomic E-state index is 11.7. The number of benzene rings is 1. The monoisotopic (exact) mass is 284 g/mol. The summed E-state index contributed by atoms with van der Waals surface area (Å²) >= 11 is 1.71. The summed E-state index contributed by atoms with van der Waals surface area (Å²) in [6, 6.07) is 7.76. The fourth-order valence-electron chi connectivity index (χ4n) is 1.55. The van der Waals surface area contributed by atoms with Crippen molar-refractivity contribution in [2.45, 2.75) is 6.61 Å². The number of hydrogen-bond donors (Lipinski definition) is 0. The number of rotatable bonds is 5. The van der Waals surface area contributed by atoms with E-state index in [0.717, 1.165) is 27.7 Å². The van der Waals surface area contributed by atoms with Crippen molar-refractivity contribution in [1.82, 2.24) is 0 Å². The average molecular weight is 284 g/mol. The highest BCUT2D eigenvalue weighted by molar-refractivity contribution is 8.05. The van der Waals surface area contributed by atoms with Crippen LogP contribution in [0.15, 0.2) is 34.6 Å². The first-order chi connectivity index (χ1) is 8.79. The highest BCUT2D eigenvalue weighted by Crippen LogP contribution is 2.19. The van der Waals surface area contributed by atoms with Crippen LogP contribution in [-0.2, 0) is 22.1 Å². The van der Waals surface area contributed by atoms with Crippen LogP contribution in [-0.4, -0.2) is 29.4 Å². The van der Waals surface area contributed by atoms with Gasteiger partial charge in [-0.15, -0.1) is 11.8 Å². The van der Waals surface area contributed by atoms with Crippen molar-refractivity contribution >= 4 is 22.6 Å². The van der Waals surface area contributed by atoms with Crippen molar-refractivity contribution < 1.29 is 13.7 Å². The van der Waals surface area contributed by atoms with Crippen LogP contribution < -0.4 is 4.74 Å². The number of ether oxygens (including phenoxy) is 2. The van der Waals surface area contributed by atoms with Gasteiger partial charge in [-0.05, 0) is 23.1 Å². The molecule has 0 radical (unpaired) electrons. The molecule has 18 heavy (non-hydrogen) atoms. The van der Waals surface area contributed by atoms with Crippen LogP contribution >= 0.6 is 11.8 Å². The number of thioether (sulfide) groups is 1. The van der Waals surface area contributed by atoms with Gasteiger partial charge in [0.15, 0.2) is 0 Å². The van der Waals surface area contributed by atoms with E-state index in [2.05, 4.69) is 0 Å². The van der Waals surface area contributed by atoms with Crippen molar-refractivity contribution in [3.05, 3.63) is 40.1 Å². The molecule has 0 aliphatic carbocycles. The standard InChI is InChI=1S/C13H16O3S2/c1-15-12-4-2-11(3-5-12)8-16-9-13-10-17-6-7-18(13)14/h2-5,10H,6-9H2,1H3. The predicted octanol–water partition coefficient (Wildman–Crippen LogP) is 2.55. The molecule has 0 bridgehead atoms. The van der Waals surface area contributed by atoms with E-state index in [1.807, 2.05) is 29.7 Å². The molecule has 1 aromatic rings. The lowest BCUT2D eigenvalue weighted by Crippen LogP contribution is -2.11. The van der Waals surface area contributed by atoms with Gasteiger partial charge in [-0.2, -0.15) is 0 Å². The van der Waals surface area contributed by atoms with Crippen LogP contribution in [0.25, 0.3) is 0 Å². The highest BCUT2D eigenvalue weighted by atomic mass is 32.2. The van der Waals surface area contributed by atoms with E-state index in [0.29, 0.717) is 13.2 Å². The number of hydrogen-bond acceptors (Lipinski definition) is 4. The predicted molar refractivity (Wildman–Crippen MR) is 76.2 cm³/mol. The summed E-state index contributed by atoms with van der Waals surface area (Å²) in [5.41, 5.74) is 1.09. The van der Waals surface area contributed by atoms with E-state index in [1.165, 1.54) is 0 Å². The van der Waals surface area contributed by atoms with Crippen LogP contribution in [0.5, 0.6) is 5.75 Å². The fourth-order valence-corrected chi connectivity index (χ4v) is 4.02. The van der Waals surface area contributed by atoms with Crippen LogP contribution in [0.4, 0.5) is 0 Å². The SMILES string of the molecule is COc1ccc(COCC2=CSCCS2=O)cc1. The summed E-state index contributed by atoms with van der Waals surface area (Å²) in [5, 5.41) is 1.97. The van der Waals surface area contributed by atoms with Gasteiger partial charge in [0.25, 0.3) is 0 Å². The van der Waals surface area contributed by atoms with Gasteiger partial charge in [-0.1, -0.05) is 12.1 Å². The quantitative estimate of drug-likeness (QED) is 0.832. The Labute approximate surface area is 114 Å². The summed E-state index contributed by atoms with van der Waals surface area (Å²) in [6.45, 7) is 0.981. The van der Waals surface area contributed by atoms with E-state index in [1.54, 1.807) is 18.9 Å². The molecule has 0 aromatic heterocycles. The Morgan fingerprint density at radius 2 is 2.06 bits per heavy atom. The first-order valence-electron chi connectivity index (χ1n) is 5.69. The average Bonchev–Trinajstić information content (AvgIpc) is 2.42. The van der Waals surface area contributed by atoms with Crippen LogP contribution in [0, 0.1) is 0 Å². The van der Waals surface area contributed by atoms with E-state index < -0.39 is 10.8 Å². The molecule has 0 fully saturated rings. The normalized spacial score (nSPS) is 19.4. The van der Waals surface area contributed by atoms with E-state index in [-0.39, 0.29) is 0 Å². The molecule has 0 saturated heterocycles. The smallest absolute Gasteiger partial charge is 0.118 e. The van der Waals surface area contributed by atoms with Gasteiger partial charge in [0.05, 0.1) is 31.1 Å². The lowest BCUT2D eigenvalue weighted by Gasteiger charge is -2.12. The third-order valence-electron chi connectivity index (χ3n) is 2.57. The molecule has 2 rings (SSSR count). The molecule has 5 heteroatoms. The van der Waals surface area contributed by atoms with E-state index >= 15 is 0 Å². The molecular formula is C13H16O3S2. The van der Waals surface area contributed by atoms with Crippen LogP contribution in [0.3, 0.4) is 0 Å². The van der Waals surface area contributed by atoms with Gasteiger partial charge >= 0.3 is 0 Å². The molecule has 0 amide bonds. The highest BCUT2D eigenvalue weighted by Gasteiger charge is 2.12. The Morgan fingerprint density at radius 1 is 1.28 bits per heavy atom. The molecule has 1 aliphatic rings. The van der Waals surface area contributed by atoms with Crippen molar-refractivity contribution in [2.24, 2.45) is 0 Å². The van der Waals surface area contributed by atoms with Gasteiger partial charge in [-0.25, -0.2) is 0 Å². The Hall–Kier alpha value is -0.780. The molecule has 1 atom stereocenters. The third-order valence-corrected chi connectivity index (χ3v) is 5.26. The number of methoxy groups -OCH3 is 1. The first-order valence-corrected chi connectivity index (χ1v) is 8.06. The second-order valence-corrected chi connectivity index (χ2v) is 6.45. The Balaban J connectivity index is 1.81. The molecule has 0 saturated carbocycles. The minimum Gasteiger partial charge on any atom is -0.497 e. The third kappa shape index (κ3) is 3.86. The molecule has 0 N–H and O–H groups in total. The summed E-state index contributed by atoms with van der Waals surface area (Å²) < 4.78 is 22.3. The fraction of sp³-hybridized carbons (Fsp3) is 0.385. The Kier molecular flexibility index (Phi) is 5.28. The minimum absolute atomic E-state index is 0.450. The molecular weight excluding hydrogens is 268 g/mol. The van der Waals surface area contributed by atoms with Gasteiger partial charge in [0.1, 0.15) is 5.75 Å². The second kappa shape index (κ2) is 6.97. The summed E-state index contributed by atoms with van der Waals surface area (Å²) in [6.07, 6.45) is 0. The maximum Gasteiger partial charge on any atom is 0.118 e. The van der Waals surface area contributed by atoms with Crippen LogP contribution in [0.1, 0.15) is 5.56 Å². The largest absolute Gasteiger partial charge is 0.497 e. The van der Waals surface area contributed by atoms with Crippen molar-refractivity contribution in [3.8, 4) is 5.75 Å². The summed E-state index contributed by atoms with van der Waals surface area (Å²) in [5.74, 6) is 2.52. The van der Waals surface area contributed by atoms with E-state index in [4.69, 9.17) is 9.47 Å². The van der Waals surface area contributed by atoms with Crippen molar-refractivity contribution in [1.29, 1.82) is 0 Å². The van der Waals surface area contributed by atoms with Crippen molar-refractivity contribution in [2.75, 3.05) is 25.2 Å². The molecule has 3 nitrogen and oxygen atoms in total. The zero-order chi connectivity index (χ0) is 12.8. The molecule has 98 valence electrons. The zero-order valence-corrected chi connectivity index (χ0v) is 11.9. The molecule has 1 aromatic carbocycles. The van der Waals surface area contributed by atoms with Gasteiger partial charge < -0.3 is 9.47 Å². The lowest BCUT2D eigenvalue weighted by atomic mass is 10.2. The second-order valence-electron chi connectivity index (χ2n) is 3.85. The maximum absolute atomic E-state index is 11.7. The van der Waals surface area contributed by atoms with E-state index in [9.17, 15) is 4.21 Å².